The van der Waals surface area contributed by atoms with Gasteiger partial charge < -0.3 is 9.73 Å². The van der Waals surface area contributed by atoms with Crippen LogP contribution in [0, 0.1) is 0 Å². The highest BCUT2D eigenvalue weighted by Crippen LogP contribution is 2.50. The second-order valence-electron chi connectivity index (χ2n) is 9.99. The third-order valence-corrected chi connectivity index (χ3v) is 7.62. The van der Waals surface area contributed by atoms with E-state index in [2.05, 4.69) is 93.7 Å². The molecule has 156 valence electrons. The van der Waals surface area contributed by atoms with E-state index in [-0.39, 0.29) is 5.41 Å². The van der Waals surface area contributed by atoms with Gasteiger partial charge in [-0.3, -0.25) is 0 Å². The van der Waals surface area contributed by atoms with Gasteiger partial charge in [0, 0.05) is 33.7 Å². The lowest BCUT2D eigenvalue weighted by Gasteiger charge is -2.23. The molecule has 2 heteroatoms. The topological polar surface area (TPSA) is 25.2 Å². The smallest absolute Gasteiger partial charge is 0.136 e. The summed E-state index contributed by atoms with van der Waals surface area (Å²) >= 11 is 0. The van der Waals surface area contributed by atoms with Crippen molar-refractivity contribution in [3.8, 4) is 11.1 Å². The monoisotopic (exact) mass is 407 g/mol. The molecule has 31 heavy (non-hydrogen) atoms. The van der Waals surface area contributed by atoms with E-state index in [4.69, 9.17) is 4.42 Å². The van der Waals surface area contributed by atoms with Crippen LogP contribution < -0.4 is 5.32 Å². The number of rotatable bonds is 2. The van der Waals surface area contributed by atoms with Crippen molar-refractivity contribution in [3.05, 3.63) is 83.1 Å². The second-order valence-corrected chi connectivity index (χ2v) is 9.99. The van der Waals surface area contributed by atoms with Crippen molar-refractivity contribution in [1.82, 2.24) is 0 Å². The maximum absolute atomic E-state index is 6.36. The zero-order valence-electron chi connectivity index (χ0n) is 18.8. The van der Waals surface area contributed by atoms with Gasteiger partial charge in [0.1, 0.15) is 11.3 Å². The molecule has 3 aromatic carbocycles. The van der Waals surface area contributed by atoms with Gasteiger partial charge in [-0.15, -0.1) is 0 Å². The molecule has 2 nitrogen and oxygen atoms in total. The summed E-state index contributed by atoms with van der Waals surface area (Å²) in [5.74, 6) is 2.21. The number of hydrogen-bond donors (Lipinski definition) is 1. The first kappa shape index (κ1) is 18.7. The van der Waals surface area contributed by atoms with Crippen molar-refractivity contribution < 1.29 is 4.42 Å². The summed E-state index contributed by atoms with van der Waals surface area (Å²) in [4.78, 5) is 0. The Bertz CT molecular complexity index is 1330. The Hall–Kier alpha value is -3.00. The lowest BCUT2D eigenvalue weighted by Crippen LogP contribution is -2.15. The van der Waals surface area contributed by atoms with Gasteiger partial charge in [-0.2, -0.15) is 0 Å². The highest BCUT2D eigenvalue weighted by molar-refractivity contribution is 5.97. The highest BCUT2D eigenvalue weighted by atomic mass is 16.3. The molecule has 0 spiro atoms. The van der Waals surface area contributed by atoms with E-state index >= 15 is 0 Å². The normalized spacial score (nSPS) is 20.9. The zero-order valence-corrected chi connectivity index (χ0v) is 18.8. The van der Waals surface area contributed by atoms with Crippen molar-refractivity contribution in [1.29, 1.82) is 0 Å². The molecular weight excluding hydrogens is 378 g/mol. The van der Waals surface area contributed by atoms with E-state index in [1.165, 1.54) is 51.8 Å². The molecule has 4 aromatic rings. The van der Waals surface area contributed by atoms with Gasteiger partial charge in [-0.05, 0) is 65.3 Å². The molecule has 0 saturated heterocycles. The number of benzene rings is 3. The van der Waals surface area contributed by atoms with Crippen LogP contribution in [0.25, 0.3) is 22.1 Å². The first-order chi connectivity index (χ1) is 14.9. The van der Waals surface area contributed by atoms with Gasteiger partial charge in [0.2, 0.25) is 0 Å². The van der Waals surface area contributed by atoms with Crippen LogP contribution in [0.2, 0.25) is 0 Å². The minimum absolute atomic E-state index is 0.00831. The molecular formula is C29H29NO. The second kappa shape index (κ2) is 6.50. The van der Waals surface area contributed by atoms with Gasteiger partial charge in [-0.1, -0.05) is 64.1 Å². The average Bonchev–Trinajstić information content (AvgIpc) is 3.27. The molecule has 1 heterocycles. The molecule has 6 rings (SSSR count). The fourth-order valence-electron chi connectivity index (χ4n) is 5.86. The summed E-state index contributed by atoms with van der Waals surface area (Å²) in [5, 5.41) is 5.02. The number of nitrogens with one attached hydrogen (secondary N) is 1. The van der Waals surface area contributed by atoms with Crippen molar-refractivity contribution >= 4 is 22.3 Å². The van der Waals surface area contributed by atoms with Gasteiger partial charge in [-0.25, -0.2) is 0 Å². The van der Waals surface area contributed by atoms with E-state index in [9.17, 15) is 0 Å². The summed E-state index contributed by atoms with van der Waals surface area (Å²) in [7, 11) is 0. The largest absolute Gasteiger partial charge is 0.460 e. The Balaban J connectivity index is 1.46. The number of fused-ring (bicyclic) bond motifs is 6. The zero-order chi connectivity index (χ0) is 21.3. The fourth-order valence-corrected chi connectivity index (χ4v) is 5.86. The SMILES string of the molecule is CC1CCC(C)c2c1oc1cccc(Nc3ccc4c(c3)C(C)(C)c3ccccc3-4)c21. The van der Waals surface area contributed by atoms with E-state index < -0.39 is 0 Å². The van der Waals surface area contributed by atoms with Crippen molar-refractivity contribution in [3.63, 3.8) is 0 Å². The van der Waals surface area contributed by atoms with Crippen LogP contribution in [0.15, 0.2) is 65.1 Å². The van der Waals surface area contributed by atoms with Crippen LogP contribution in [-0.2, 0) is 5.41 Å². The maximum Gasteiger partial charge on any atom is 0.136 e. The van der Waals surface area contributed by atoms with Gasteiger partial charge in [0.25, 0.3) is 0 Å². The molecule has 0 amide bonds. The molecule has 1 N–H and O–H groups in total. The molecule has 2 aliphatic rings. The molecule has 0 aliphatic heterocycles. The third-order valence-electron chi connectivity index (χ3n) is 7.62. The van der Waals surface area contributed by atoms with Crippen LogP contribution in [0.5, 0.6) is 0 Å². The predicted octanol–water partition coefficient (Wildman–Crippen LogP) is 8.48. The predicted molar refractivity (Wildman–Crippen MR) is 130 cm³/mol. The molecule has 2 atom stereocenters. The van der Waals surface area contributed by atoms with Gasteiger partial charge >= 0.3 is 0 Å². The Morgan fingerprint density at radius 3 is 2.48 bits per heavy atom. The lowest BCUT2D eigenvalue weighted by molar-refractivity contribution is 0.429. The number of anilines is 2. The van der Waals surface area contributed by atoms with Crippen LogP contribution in [0.4, 0.5) is 11.4 Å². The summed E-state index contributed by atoms with van der Waals surface area (Å²) in [6.07, 6.45) is 2.43. The first-order valence-corrected chi connectivity index (χ1v) is 11.5. The van der Waals surface area contributed by atoms with Crippen LogP contribution in [0.3, 0.4) is 0 Å². The van der Waals surface area contributed by atoms with E-state index in [1.807, 2.05) is 0 Å². The number of hydrogen-bond acceptors (Lipinski definition) is 2. The molecule has 0 radical (unpaired) electrons. The van der Waals surface area contributed by atoms with Crippen molar-refractivity contribution in [2.45, 2.75) is 57.8 Å². The van der Waals surface area contributed by atoms with E-state index in [1.54, 1.807) is 0 Å². The third kappa shape index (κ3) is 2.64. The fraction of sp³-hybridized carbons (Fsp3) is 0.310. The molecule has 1 aromatic heterocycles. The van der Waals surface area contributed by atoms with Crippen molar-refractivity contribution in [2.24, 2.45) is 0 Å². The lowest BCUT2D eigenvalue weighted by atomic mass is 9.81. The van der Waals surface area contributed by atoms with Crippen molar-refractivity contribution in [2.75, 3.05) is 5.32 Å². The molecule has 0 fully saturated rings. The minimum atomic E-state index is 0.00831. The summed E-state index contributed by atoms with van der Waals surface area (Å²) in [6, 6.07) is 22.0. The molecule has 0 bridgehead atoms. The standard InChI is InChI=1S/C29H29NO/c1-17-12-13-18(2)28-26(17)27-24(10-7-11-25(27)31-28)30-19-14-15-21-20-8-5-6-9-22(20)29(3,4)23(21)16-19/h5-11,14-18,30H,12-13H2,1-4H3. The molecule has 0 saturated carbocycles. The molecule has 2 aliphatic carbocycles. The summed E-state index contributed by atoms with van der Waals surface area (Å²) < 4.78 is 6.36. The quantitative estimate of drug-likeness (QED) is 0.360. The summed E-state index contributed by atoms with van der Waals surface area (Å²) in [6.45, 7) is 9.29. The van der Waals surface area contributed by atoms with E-state index in [0.717, 1.165) is 17.0 Å². The highest BCUT2D eigenvalue weighted by Gasteiger charge is 2.35. The minimum Gasteiger partial charge on any atom is -0.460 e. The van der Waals surface area contributed by atoms with Crippen LogP contribution in [0.1, 0.15) is 74.8 Å². The Morgan fingerprint density at radius 1 is 0.839 bits per heavy atom. The number of furan rings is 1. The average molecular weight is 408 g/mol. The van der Waals surface area contributed by atoms with Gasteiger partial charge in [0.05, 0.1) is 0 Å². The van der Waals surface area contributed by atoms with E-state index in [0.29, 0.717) is 11.8 Å². The molecule has 2 unspecified atom stereocenters. The van der Waals surface area contributed by atoms with Gasteiger partial charge in [0.15, 0.2) is 0 Å². The maximum atomic E-state index is 6.36. The van der Waals surface area contributed by atoms with Crippen LogP contribution >= 0.6 is 0 Å². The Kier molecular flexibility index (Phi) is 3.93. The van der Waals surface area contributed by atoms with Crippen LogP contribution in [-0.4, -0.2) is 0 Å². The summed E-state index contributed by atoms with van der Waals surface area (Å²) in [5.41, 5.74) is 10.2. The first-order valence-electron chi connectivity index (χ1n) is 11.5. The Labute approximate surface area is 184 Å². The Morgan fingerprint density at radius 2 is 1.61 bits per heavy atom.